The van der Waals surface area contributed by atoms with Gasteiger partial charge in [0.05, 0.1) is 5.92 Å². The zero-order chi connectivity index (χ0) is 11.7. The maximum atomic E-state index is 13.5. The molecule has 1 aromatic rings. The van der Waals surface area contributed by atoms with E-state index < -0.39 is 29.4 Å². The first-order chi connectivity index (χ1) is 7.61. The molecule has 5 heteroatoms. The van der Waals surface area contributed by atoms with Gasteiger partial charge in [-0.15, -0.1) is 0 Å². The standard InChI is InChI=1S/C11H12F2N2O/c12-8-2-1-3-9(13)10(8)6-4-15-5-7(6)11(14)16/h1-3,6-7,15H,4-5H2,(H2,14,16). The Labute approximate surface area is 91.6 Å². The first kappa shape index (κ1) is 11.0. The number of nitrogens with one attached hydrogen (secondary N) is 1. The minimum Gasteiger partial charge on any atom is -0.369 e. The van der Waals surface area contributed by atoms with Crippen molar-refractivity contribution in [2.45, 2.75) is 5.92 Å². The fourth-order valence-electron chi connectivity index (χ4n) is 2.15. The maximum absolute atomic E-state index is 13.5. The molecule has 2 rings (SSSR count). The Balaban J connectivity index is 2.40. The molecule has 0 bridgehead atoms. The largest absolute Gasteiger partial charge is 0.369 e. The predicted octanol–water partition coefficient (Wildman–Crippen LogP) is 0.753. The van der Waals surface area contributed by atoms with Crippen LogP contribution in [0.3, 0.4) is 0 Å². The van der Waals surface area contributed by atoms with Crippen molar-refractivity contribution in [1.29, 1.82) is 0 Å². The van der Waals surface area contributed by atoms with E-state index in [-0.39, 0.29) is 5.56 Å². The summed E-state index contributed by atoms with van der Waals surface area (Å²) >= 11 is 0. The molecule has 0 aromatic heterocycles. The minimum atomic E-state index is -0.625. The van der Waals surface area contributed by atoms with Gasteiger partial charge in [-0.1, -0.05) is 6.07 Å². The molecule has 3 nitrogen and oxygen atoms in total. The number of benzene rings is 1. The van der Waals surface area contributed by atoms with E-state index in [1.165, 1.54) is 18.2 Å². The molecule has 0 aliphatic carbocycles. The molecule has 86 valence electrons. The number of rotatable bonds is 2. The molecule has 16 heavy (non-hydrogen) atoms. The maximum Gasteiger partial charge on any atom is 0.222 e. The molecule has 2 atom stereocenters. The lowest BCUT2D eigenvalue weighted by molar-refractivity contribution is -0.121. The predicted molar refractivity (Wildman–Crippen MR) is 54.7 cm³/mol. The number of primary amides is 1. The van der Waals surface area contributed by atoms with E-state index in [0.717, 1.165) is 0 Å². The van der Waals surface area contributed by atoms with Gasteiger partial charge in [0.2, 0.25) is 5.91 Å². The molecule has 1 aliphatic heterocycles. The fraction of sp³-hybridized carbons (Fsp3) is 0.364. The van der Waals surface area contributed by atoms with Crippen molar-refractivity contribution in [1.82, 2.24) is 5.32 Å². The molecular weight excluding hydrogens is 214 g/mol. The van der Waals surface area contributed by atoms with Crippen molar-refractivity contribution in [3.8, 4) is 0 Å². The van der Waals surface area contributed by atoms with Gasteiger partial charge in [-0.2, -0.15) is 0 Å². The third kappa shape index (κ3) is 1.78. The molecular formula is C11H12F2N2O. The van der Waals surface area contributed by atoms with E-state index in [1.807, 2.05) is 0 Å². The number of halogens is 2. The summed E-state index contributed by atoms with van der Waals surface area (Å²) < 4.78 is 27.0. The van der Waals surface area contributed by atoms with Crippen LogP contribution in [0.25, 0.3) is 0 Å². The van der Waals surface area contributed by atoms with E-state index in [4.69, 9.17) is 5.73 Å². The third-order valence-electron chi connectivity index (χ3n) is 2.95. The van der Waals surface area contributed by atoms with E-state index in [1.54, 1.807) is 0 Å². The molecule has 1 amide bonds. The van der Waals surface area contributed by atoms with Gasteiger partial charge >= 0.3 is 0 Å². The van der Waals surface area contributed by atoms with Crippen LogP contribution in [0, 0.1) is 17.6 Å². The average molecular weight is 226 g/mol. The van der Waals surface area contributed by atoms with Gasteiger partial charge in [0, 0.05) is 24.6 Å². The van der Waals surface area contributed by atoms with E-state index in [2.05, 4.69) is 5.32 Å². The highest BCUT2D eigenvalue weighted by atomic mass is 19.1. The van der Waals surface area contributed by atoms with Crippen LogP contribution in [0.4, 0.5) is 8.78 Å². The average Bonchev–Trinajstić information content (AvgIpc) is 2.66. The zero-order valence-corrected chi connectivity index (χ0v) is 8.54. The van der Waals surface area contributed by atoms with Crippen LogP contribution < -0.4 is 11.1 Å². The topological polar surface area (TPSA) is 55.1 Å². The molecule has 2 unspecified atom stereocenters. The van der Waals surface area contributed by atoms with Crippen LogP contribution in [0.15, 0.2) is 18.2 Å². The van der Waals surface area contributed by atoms with Crippen LogP contribution in [-0.2, 0) is 4.79 Å². The lowest BCUT2D eigenvalue weighted by Crippen LogP contribution is -2.29. The SMILES string of the molecule is NC(=O)C1CNCC1c1c(F)cccc1F. The van der Waals surface area contributed by atoms with Crippen molar-refractivity contribution in [2.75, 3.05) is 13.1 Å². The number of carbonyl (C=O) groups excluding carboxylic acids is 1. The van der Waals surface area contributed by atoms with Crippen molar-refractivity contribution >= 4 is 5.91 Å². The molecule has 1 fully saturated rings. The highest BCUT2D eigenvalue weighted by Crippen LogP contribution is 2.31. The van der Waals surface area contributed by atoms with Crippen LogP contribution >= 0.6 is 0 Å². The lowest BCUT2D eigenvalue weighted by atomic mass is 9.88. The van der Waals surface area contributed by atoms with Crippen LogP contribution in [0.1, 0.15) is 11.5 Å². The normalized spacial score (nSPS) is 24.6. The van der Waals surface area contributed by atoms with Crippen LogP contribution in [-0.4, -0.2) is 19.0 Å². The number of nitrogens with two attached hydrogens (primary N) is 1. The Morgan fingerprint density at radius 3 is 2.50 bits per heavy atom. The molecule has 1 aromatic carbocycles. The van der Waals surface area contributed by atoms with Crippen molar-refractivity contribution in [3.63, 3.8) is 0 Å². The molecule has 1 saturated heterocycles. The van der Waals surface area contributed by atoms with Crippen molar-refractivity contribution in [3.05, 3.63) is 35.4 Å². The monoisotopic (exact) mass is 226 g/mol. The van der Waals surface area contributed by atoms with Crippen LogP contribution in [0.5, 0.6) is 0 Å². The summed E-state index contributed by atoms with van der Waals surface area (Å²) in [6.07, 6.45) is 0. The molecule has 0 spiro atoms. The minimum absolute atomic E-state index is 0.0451. The third-order valence-corrected chi connectivity index (χ3v) is 2.95. The quantitative estimate of drug-likeness (QED) is 0.782. The first-order valence-corrected chi connectivity index (χ1v) is 5.05. The number of hydrogen-bond acceptors (Lipinski definition) is 2. The molecule has 3 N–H and O–H groups in total. The van der Waals surface area contributed by atoms with E-state index in [9.17, 15) is 13.6 Å². The van der Waals surface area contributed by atoms with E-state index in [0.29, 0.717) is 13.1 Å². The van der Waals surface area contributed by atoms with Crippen molar-refractivity contribution in [2.24, 2.45) is 11.7 Å². The Bertz CT molecular complexity index is 402. The summed E-state index contributed by atoms with van der Waals surface area (Å²) in [6, 6.07) is 3.68. The van der Waals surface area contributed by atoms with Gasteiger partial charge < -0.3 is 11.1 Å². The van der Waals surface area contributed by atoms with Gasteiger partial charge in [-0.25, -0.2) is 8.78 Å². The zero-order valence-electron chi connectivity index (χ0n) is 8.54. The summed E-state index contributed by atoms with van der Waals surface area (Å²) in [6.45, 7) is 0.735. The second-order valence-electron chi connectivity index (χ2n) is 3.91. The summed E-state index contributed by atoms with van der Waals surface area (Å²) in [5.74, 6) is -2.84. The van der Waals surface area contributed by atoms with E-state index >= 15 is 0 Å². The number of hydrogen-bond donors (Lipinski definition) is 2. The van der Waals surface area contributed by atoms with Gasteiger partial charge in [0.25, 0.3) is 0 Å². The van der Waals surface area contributed by atoms with Gasteiger partial charge in [0.1, 0.15) is 11.6 Å². The second-order valence-corrected chi connectivity index (χ2v) is 3.91. The summed E-state index contributed by atoms with van der Waals surface area (Å²) in [7, 11) is 0. The van der Waals surface area contributed by atoms with Crippen molar-refractivity contribution < 1.29 is 13.6 Å². The summed E-state index contributed by atoms with van der Waals surface area (Å²) in [5.41, 5.74) is 5.16. The Hall–Kier alpha value is -1.49. The highest BCUT2D eigenvalue weighted by molar-refractivity contribution is 5.78. The lowest BCUT2D eigenvalue weighted by Gasteiger charge is -2.17. The summed E-state index contributed by atoms with van der Waals surface area (Å²) in [4.78, 5) is 11.1. The number of carbonyl (C=O) groups is 1. The molecule has 1 aliphatic rings. The Morgan fingerprint density at radius 1 is 1.31 bits per heavy atom. The summed E-state index contributed by atoms with van der Waals surface area (Å²) in [5, 5.41) is 2.92. The number of amides is 1. The smallest absolute Gasteiger partial charge is 0.222 e. The van der Waals surface area contributed by atoms with Gasteiger partial charge in [-0.05, 0) is 12.1 Å². The van der Waals surface area contributed by atoms with Gasteiger partial charge in [0.15, 0.2) is 0 Å². The van der Waals surface area contributed by atoms with Gasteiger partial charge in [-0.3, -0.25) is 4.79 Å². The Morgan fingerprint density at radius 2 is 1.94 bits per heavy atom. The Kier molecular flexibility index (Phi) is 2.87. The molecule has 0 radical (unpaired) electrons. The fourth-order valence-corrected chi connectivity index (χ4v) is 2.15. The first-order valence-electron chi connectivity index (χ1n) is 5.05. The highest BCUT2D eigenvalue weighted by Gasteiger charge is 2.35. The second kappa shape index (κ2) is 4.17. The van der Waals surface area contributed by atoms with Crippen LogP contribution in [0.2, 0.25) is 0 Å². The molecule has 1 heterocycles. The molecule has 0 saturated carbocycles.